The van der Waals surface area contributed by atoms with Crippen molar-refractivity contribution in [3.8, 4) is 0 Å². The number of nitrogens with zero attached hydrogens (tertiary/aromatic N) is 6. The molecule has 0 aliphatic carbocycles. The highest BCUT2D eigenvalue weighted by Gasteiger charge is 2.25. The number of fused-ring (bicyclic) bond motifs is 1. The van der Waals surface area contributed by atoms with Crippen molar-refractivity contribution in [2.75, 3.05) is 42.6 Å². The Balaban J connectivity index is 1.65. The summed E-state index contributed by atoms with van der Waals surface area (Å²) in [7, 11) is 1.75. The Bertz CT molecular complexity index is 1080. The normalized spacial score (nSPS) is 14.6. The maximum Gasteiger partial charge on any atom is 0.263 e. The summed E-state index contributed by atoms with van der Waals surface area (Å²) in [5, 5.41) is 6.67. The van der Waals surface area contributed by atoms with E-state index in [1.165, 1.54) is 6.20 Å². The van der Waals surface area contributed by atoms with Gasteiger partial charge in [0, 0.05) is 26.3 Å². The number of piperazine rings is 1. The molecular weight excluding hydrogens is 367 g/mol. The van der Waals surface area contributed by atoms with Crippen LogP contribution in [0.25, 0.3) is 5.65 Å². The minimum absolute atomic E-state index is 0.0153. The number of carbonyl (C=O) groups excluding carboxylic acids is 2. The molecular formula is C17H17FN8O2. The van der Waals surface area contributed by atoms with Crippen LogP contribution < -0.4 is 16.0 Å². The molecule has 3 aromatic heterocycles. The van der Waals surface area contributed by atoms with Gasteiger partial charge in [-0.15, -0.1) is 5.10 Å². The first-order valence-electron chi connectivity index (χ1n) is 8.47. The number of anilines is 3. The van der Waals surface area contributed by atoms with Gasteiger partial charge in [0.25, 0.3) is 5.91 Å². The van der Waals surface area contributed by atoms with Crippen molar-refractivity contribution in [2.45, 2.75) is 0 Å². The van der Waals surface area contributed by atoms with Crippen LogP contribution in [-0.4, -0.2) is 63.0 Å². The van der Waals surface area contributed by atoms with Crippen LogP contribution in [0.1, 0.15) is 10.4 Å². The number of halogens is 1. The van der Waals surface area contributed by atoms with E-state index in [1.807, 2.05) is 4.90 Å². The summed E-state index contributed by atoms with van der Waals surface area (Å²) in [6.45, 7) is 1.39. The molecule has 0 spiro atoms. The second-order valence-electron chi connectivity index (χ2n) is 6.38. The molecule has 2 amide bonds. The van der Waals surface area contributed by atoms with Crippen LogP contribution in [0, 0.1) is 5.82 Å². The van der Waals surface area contributed by atoms with E-state index in [0.717, 1.165) is 16.9 Å². The fourth-order valence-corrected chi connectivity index (χ4v) is 3.06. The summed E-state index contributed by atoms with van der Waals surface area (Å²) < 4.78 is 14.4. The van der Waals surface area contributed by atoms with Crippen molar-refractivity contribution in [1.82, 2.24) is 24.5 Å². The topological polar surface area (TPSA) is 122 Å². The molecule has 10 nitrogen and oxygen atoms in total. The lowest BCUT2D eigenvalue weighted by Gasteiger charge is -2.34. The number of nitrogens with two attached hydrogens (primary N) is 1. The van der Waals surface area contributed by atoms with Crippen LogP contribution in [0.3, 0.4) is 0 Å². The second kappa shape index (κ2) is 6.76. The molecule has 0 radical (unpaired) electrons. The van der Waals surface area contributed by atoms with Gasteiger partial charge in [-0.1, -0.05) is 0 Å². The van der Waals surface area contributed by atoms with Gasteiger partial charge in [0.05, 0.1) is 36.5 Å². The molecule has 3 aromatic rings. The van der Waals surface area contributed by atoms with Crippen molar-refractivity contribution in [1.29, 1.82) is 0 Å². The Morgan fingerprint density at radius 3 is 2.93 bits per heavy atom. The summed E-state index contributed by atoms with van der Waals surface area (Å²) in [6, 6.07) is 1.72. The number of nitrogens with one attached hydrogen (secondary N) is 1. The molecule has 1 aliphatic heterocycles. The molecule has 3 N–H and O–H groups in total. The van der Waals surface area contributed by atoms with Crippen LogP contribution in [0.2, 0.25) is 0 Å². The zero-order chi connectivity index (χ0) is 19.8. The zero-order valence-electron chi connectivity index (χ0n) is 15.0. The Labute approximate surface area is 158 Å². The Morgan fingerprint density at radius 2 is 2.14 bits per heavy atom. The van der Waals surface area contributed by atoms with Crippen molar-refractivity contribution in [3.05, 3.63) is 42.2 Å². The van der Waals surface area contributed by atoms with Gasteiger partial charge in [0.1, 0.15) is 5.56 Å². The minimum Gasteiger partial charge on any atom is -0.381 e. The highest BCUT2D eigenvalue weighted by Crippen LogP contribution is 2.27. The monoisotopic (exact) mass is 384 g/mol. The van der Waals surface area contributed by atoms with E-state index in [-0.39, 0.29) is 29.5 Å². The van der Waals surface area contributed by atoms with Gasteiger partial charge in [-0.3, -0.25) is 14.6 Å². The van der Waals surface area contributed by atoms with Gasteiger partial charge in [0.2, 0.25) is 5.91 Å². The summed E-state index contributed by atoms with van der Waals surface area (Å²) in [6.07, 6.45) is 5.15. The molecule has 0 aromatic carbocycles. The quantitative estimate of drug-likeness (QED) is 0.669. The van der Waals surface area contributed by atoms with Crippen LogP contribution in [0.5, 0.6) is 0 Å². The number of nitrogen functional groups attached to an aromatic ring is 1. The summed E-state index contributed by atoms with van der Waals surface area (Å²) in [5.74, 6) is -1.24. The van der Waals surface area contributed by atoms with Crippen molar-refractivity contribution in [2.24, 2.45) is 0 Å². The lowest BCUT2D eigenvalue weighted by atomic mass is 10.2. The predicted octanol–water partition coefficient (Wildman–Crippen LogP) is 0.376. The van der Waals surface area contributed by atoms with E-state index in [1.54, 1.807) is 24.2 Å². The van der Waals surface area contributed by atoms with E-state index in [0.29, 0.717) is 24.5 Å². The number of rotatable bonds is 3. The standard InChI is InChI=1S/C17H17FN8O2/c1-24-4-5-25(9-13(24)27)12-2-3-20-7-11(12)22-17(28)14-15(19)23-26-8-10(18)6-21-16(14)26/h2-3,6-8H,4-5,9H2,1H3,(H2,19,23)(H,22,28). The smallest absolute Gasteiger partial charge is 0.263 e. The molecule has 0 atom stereocenters. The van der Waals surface area contributed by atoms with E-state index in [2.05, 4.69) is 20.4 Å². The van der Waals surface area contributed by atoms with Gasteiger partial charge in [-0.2, -0.15) is 0 Å². The minimum atomic E-state index is -0.601. The molecule has 4 heterocycles. The first kappa shape index (κ1) is 17.6. The molecule has 28 heavy (non-hydrogen) atoms. The SMILES string of the molecule is CN1CCN(c2ccncc2NC(=O)c2c(N)nn3cc(F)cnc23)CC1=O. The lowest BCUT2D eigenvalue weighted by Crippen LogP contribution is -2.48. The molecule has 0 saturated carbocycles. The molecule has 11 heteroatoms. The molecule has 4 rings (SSSR count). The number of hydrogen-bond donors (Lipinski definition) is 2. The summed E-state index contributed by atoms with van der Waals surface area (Å²) >= 11 is 0. The van der Waals surface area contributed by atoms with Gasteiger partial charge in [0.15, 0.2) is 17.3 Å². The molecule has 1 fully saturated rings. The molecule has 0 unspecified atom stereocenters. The van der Waals surface area contributed by atoms with Crippen LogP contribution >= 0.6 is 0 Å². The maximum atomic E-state index is 13.3. The van der Waals surface area contributed by atoms with E-state index < -0.39 is 11.7 Å². The first-order valence-corrected chi connectivity index (χ1v) is 8.47. The second-order valence-corrected chi connectivity index (χ2v) is 6.38. The van der Waals surface area contributed by atoms with Crippen molar-refractivity contribution >= 4 is 34.7 Å². The maximum absolute atomic E-state index is 13.3. The van der Waals surface area contributed by atoms with Crippen molar-refractivity contribution < 1.29 is 14.0 Å². The number of likely N-dealkylation sites (N-methyl/N-ethyl adjacent to an activating group) is 1. The third-order valence-corrected chi connectivity index (χ3v) is 4.54. The summed E-state index contributed by atoms with van der Waals surface area (Å²) in [4.78, 5) is 36.4. The van der Waals surface area contributed by atoms with Gasteiger partial charge in [-0.25, -0.2) is 13.9 Å². The Kier molecular flexibility index (Phi) is 4.26. The van der Waals surface area contributed by atoms with E-state index >= 15 is 0 Å². The highest BCUT2D eigenvalue weighted by molar-refractivity contribution is 6.12. The third kappa shape index (κ3) is 3.06. The molecule has 0 bridgehead atoms. The van der Waals surface area contributed by atoms with E-state index in [9.17, 15) is 14.0 Å². The van der Waals surface area contributed by atoms with Crippen LogP contribution in [0.4, 0.5) is 21.6 Å². The Morgan fingerprint density at radius 1 is 1.32 bits per heavy atom. The van der Waals surface area contributed by atoms with E-state index in [4.69, 9.17) is 5.73 Å². The predicted molar refractivity (Wildman–Crippen MR) is 99.4 cm³/mol. The van der Waals surface area contributed by atoms with Crippen molar-refractivity contribution in [3.63, 3.8) is 0 Å². The fourth-order valence-electron chi connectivity index (χ4n) is 3.06. The number of carbonyl (C=O) groups is 2. The zero-order valence-corrected chi connectivity index (χ0v) is 15.0. The third-order valence-electron chi connectivity index (χ3n) is 4.54. The largest absolute Gasteiger partial charge is 0.381 e. The van der Waals surface area contributed by atoms with Crippen LogP contribution in [0.15, 0.2) is 30.9 Å². The fraction of sp³-hybridized carbons (Fsp3) is 0.235. The number of pyridine rings is 1. The summed E-state index contributed by atoms with van der Waals surface area (Å²) in [5.41, 5.74) is 7.10. The van der Waals surface area contributed by atoms with Crippen LogP contribution in [-0.2, 0) is 4.79 Å². The molecule has 1 saturated heterocycles. The first-order chi connectivity index (χ1) is 13.4. The van der Waals surface area contributed by atoms with Gasteiger partial charge in [-0.05, 0) is 6.07 Å². The average Bonchev–Trinajstić information content (AvgIpc) is 2.99. The number of aromatic nitrogens is 4. The molecule has 1 aliphatic rings. The average molecular weight is 384 g/mol. The lowest BCUT2D eigenvalue weighted by molar-refractivity contribution is -0.129. The number of amides is 2. The van der Waals surface area contributed by atoms with Gasteiger partial charge < -0.3 is 20.9 Å². The Hall–Kier alpha value is -3.76. The highest BCUT2D eigenvalue weighted by atomic mass is 19.1. The number of hydrogen-bond acceptors (Lipinski definition) is 7. The van der Waals surface area contributed by atoms with Gasteiger partial charge >= 0.3 is 0 Å². The molecule has 144 valence electrons.